The fourth-order valence-electron chi connectivity index (χ4n) is 2.83. The van der Waals surface area contributed by atoms with Crippen molar-refractivity contribution >= 4 is 5.91 Å². The quantitative estimate of drug-likeness (QED) is 0.875. The standard InChI is InChI=1S/C17H23F3N2O3/c1-11-6-13(7-12(2)15(11)25-10-17(18,19)20)9-22(3)16(23)14-8-21-4-5-24-14/h6-7,14,21H,4-5,8-10H2,1-3H3/t14-/m1/s1. The normalized spacial score (nSPS) is 18.1. The fraction of sp³-hybridized carbons (Fsp3) is 0.588. The summed E-state index contributed by atoms with van der Waals surface area (Å²) in [6, 6.07) is 3.48. The van der Waals surface area contributed by atoms with E-state index in [1.807, 2.05) is 0 Å². The molecule has 1 heterocycles. The second-order valence-electron chi connectivity index (χ2n) is 6.22. The molecule has 0 bridgehead atoms. The van der Waals surface area contributed by atoms with Gasteiger partial charge < -0.3 is 19.7 Å². The number of amides is 1. The van der Waals surface area contributed by atoms with E-state index in [0.29, 0.717) is 30.8 Å². The van der Waals surface area contributed by atoms with E-state index >= 15 is 0 Å². The first kappa shape index (κ1) is 19.5. The molecule has 25 heavy (non-hydrogen) atoms. The van der Waals surface area contributed by atoms with Crippen LogP contribution in [0, 0.1) is 13.8 Å². The highest BCUT2D eigenvalue weighted by atomic mass is 19.4. The smallest absolute Gasteiger partial charge is 0.422 e. The molecule has 1 fully saturated rings. The monoisotopic (exact) mass is 360 g/mol. The second-order valence-corrected chi connectivity index (χ2v) is 6.22. The average Bonchev–Trinajstić information content (AvgIpc) is 2.53. The number of rotatable bonds is 5. The summed E-state index contributed by atoms with van der Waals surface area (Å²) >= 11 is 0. The van der Waals surface area contributed by atoms with Gasteiger partial charge in [-0.3, -0.25) is 4.79 Å². The molecule has 1 aromatic rings. The molecule has 1 aliphatic rings. The van der Waals surface area contributed by atoms with E-state index < -0.39 is 18.9 Å². The van der Waals surface area contributed by atoms with Crippen LogP contribution in [0.1, 0.15) is 16.7 Å². The molecule has 1 amide bonds. The van der Waals surface area contributed by atoms with Crippen molar-refractivity contribution in [1.82, 2.24) is 10.2 Å². The lowest BCUT2D eigenvalue weighted by molar-refractivity contribution is -0.153. The Morgan fingerprint density at radius 3 is 2.52 bits per heavy atom. The summed E-state index contributed by atoms with van der Waals surface area (Å²) in [6.45, 7) is 4.11. The Hall–Kier alpha value is -1.80. The van der Waals surface area contributed by atoms with E-state index in [2.05, 4.69) is 5.32 Å². The average molecular weight is 360 g/mol. The number of halogens is 3. The third-order valence-electron chi connectivity index (χ3n) is 3.90. The van der Waals surface area contributed by atoms with Crippen LogP contribution in [-0.2, 0) is 16.1 Å². The molecule has 8 heteroatoms. The van der Waals surface area contributed by atoms with Gasteiger partial charge in [-0.25, -0.2) is 0 Å². The molecule has 1 saturated heterocycles. The minimum atomic E-state index is -4.38. The van der Waals surface area contributed by atoms with Gasteiger partial charge in [-0.1, -0.05) is 12.1 Å². The molecular formula is C17H23F3N2O3. The highest BCUT2D eigenvalue weighted by Crippen LogP contribution is 2.27. The number of aryl methyl sites for hydroxylation is 2. The van der Waals surface area contributed by atoms with Gasteiger partial charge in [0.15, 0.2) is 6.61 Å². The van der Waals surface area contributed by atoms with Gasteiger partial charge in [0.25, 0.3) is 5.91 Å². The summed E-state index contributed by atoms with van der Waals surface area (Å²) in [5.41, 5.74) is 2.04. The van der Waals surface area contributed by atoms with E-state index in [9.17, 15) is 18.0 Å². The Labute approximate surface area is 145 Å². The lowest BCUT2D eigenvalue weighted by Crippen LogP contribution is -2.48. The molecule has 0 radical (unpaired) electrons. The zero-order valence-corrected chi connectivity index (χ0v) is 14.6. The Morgan fingerprint density at radius 1 is 1.36 bits per heavy atom. The molecule has 1 aromatic carbocycles. The zero-order chi connectivity index (χ0) is 18.6. The van der Waals surface area contributed by atoms with Gasteiger partial charge >= 0.3 is 6.18 Å². The number of ether oxygens (including phenoxy) is 2. The molecule has 140 valence electrons. The van der Waals surface area contributed by atoms with Crippen LogP contribution in [-0.4, -0.2) is 56.4 Å². The molecule has 1 N–H and O–H groups in total. The van der Waals surface area contributed by atoms with Crippen molar-refractivity contribution in [3.63, 3.8) is 0 Å². The largest absolute Gasteiger partial charge is 0.484 e. The van der Waals surface area contributed by atoms with Gasteiger partial charge in [-0.05, 0) is 30.5 Å². The van der Waals surface area contributed by atoms with Crippen molar-refractivity contribution < 1.29 is 27.4 Å². The number of benzene rings is 1. The van der Waals surface area contributed by atoms with Crippen molar-refractivity contribution in [1.29, 1.82) is 0 Å². The van der Waals surface area contributed by atoms with Crippen molar-refractivity contribution in [2.24, 2.45) is 0 Å². The topological polar surface area (TPSA) is 50.8 Å². The Balaban J connectivity index is 2.03. The maximum Gasteiger partial charge on any atom is 0.422 e. The maximum absolute atomic E-state index is 12.4. The number of hydrogen-bond donors (Lipinski definition) is 1. The molecule has 0 aromatic heterocycles. The first-order chi connectivity index (χ1) is 11.7. The minimum Gasteiger partial charge on any atom is -0.484 e. The minimum absolute atomic E-state index is 0.125. The van der Waals surface area contributed by atoms with Gasteiger partial charge in [0.1, 0.15) is 11.9 Å². The molecule has 1 atom stereocenters. The predicted octanol–water partition coefficient (Wildman–Crippen LogP) is 2.19. The lowest BCUT2D eigenvalue weighted by atomic mass is 10.0. The summed E-state index contributed by atoms with van der Waals surface area (Å²) in [7, 11) is 1.68. The van der Waals surface area contributed by atoms with E-state index in [1.165, 1.54) is 0 Å². The van der Waals surface area contributed by atoms with Crippen LogP contribution in [0.5, 0.6) is 5.75 Å². The summed E-state index contributed by atoms with van der Waals surface area (Å²) < 4.78 is 47.4. The van der Waals surface area contributed by atoms with Crippen LogP contribution in [0.4, 0.5) is 13.2 Å². The molecule has 1 aliphatic heterocycles. The summed E-state index contributed by atoms with van der Waals surface area (Å²) in [4.78, 5) is 13.9. The second kappa shape index (κ2) is 8.05. The number of carbonyl (C=O) groups excluding carboxylic acids is 1. The maximum atomic E-state index is 12.4. The zero-order valence-electron chi connectivity index (χ0n) is 14.6. The lowest BCUT2D eigenvalue weighted by Gasteiger charge is -2.27. The number of nitrogens with zero attached hydrogens (tertiary/aromatic N) is 1. The number of nitrogens with one attached hydrogen (secondary N) is 1. The van der Waals surface area contributed by atoms with Gasteiger partial charge in [0.05, 0.1) is 6.61 Å². The number of carbonyl (C=O) groups is 1. The van der Waals surface area contributed by atoms with Crippen LogP contribution in [0.2, 0.25) is 0 Å². The molecule has 0 spiro atoms. The van der Waals surface area contributed by atoms with Crippen LogP contribution < -0.4 is 10.1 Å². The number of likely N-dealkylation sites (N-methyl/N-ethyl adjacent to an activating group) is 1. The van der Waals surface area contributed by atoms with Crippen molar-refractivity contribution in [2.75, 3.05) is 33.4 Å². The van der Waals surface area contributed by atoms with Crippen molar-refractivity contribution in [3.8, 4) is 5.75 Å². The van der Waals surface area contributed by atoms with E-state index in [-0.39, 0.29) is 11.7 Å². The van der Waals surface area contributed by atoms with Crippen molar-refractivity contribution in [2.45, 2.75) is 32.7 Å². The Bertz CT molecular complexity index is 591. The number of morpholine rings is 1. The molecule has 0 unspecified atom stereocenters. The van der Waals surface area contributed by atoms with Gasteiger partial charge in [-0.15, -0.1) is 0 Å². The van der Waals surface area contributed by atoms with Crippen LogP contribution >= 0.6 is 0 Å². The van der Waals surface area contributed by atoms with E-state index in [4.69, 9.17) is 9.47 Å². The molecule has 0 aliphatic carbocycles. The summed E-state index contributed by atoms with van der Waals surface area (Å²) in [5, 5.41) is 3.11. The van der Waals surface area contributed by atoms with Crippen molar-refractivity contribution in [3.05, 3.63) is 28.8 Å². The highest BCUT2D eigenvalue weighted by molar-refractivity contribution is 5.81. The molecule has 5 nitrogen and oxygen atoms in total. The van der Waals surface area contributed by atoms with E-state index in [1.54, 1.807) is 37.9 Å². The van der Waals surface area contributed by atoms with E-state index in [0.717, 1.165) is 12.1 Å². The first-order valence-corrected chi connectivity index (χ1v) is 8.04. The molecule has 2 rings (SSSR count). The molecule has 0 saturated carbocycles. The first-order valence-electron chi connectivity index (χ1n) is 8.04. The Morgan fingerprint density at radius 2 is 2.00 bits per heavy atom. The Kier molecular flexibility index (Phi) is 6.29. The third kappa shape index (κ3) is 5.61. The van der Waals surface area contributed by atoms with Gasteiger partial charge in [-0.2, -0.15) is 13.2 Å². The summed E-state index contributed by atoms with van der Waals surface area (Å²) in [6.07, 6.45) is -4.88. The number of alkyl halides is 3. The van der Waals surface area contributed by atoms with Gasteiger partial charge in [0.2, 0.25) is 0 Å². The van der Waals surface area contributed by atoms with Crippen LogP contribution in [0.15, 0.2) is 12.1 Å². The molecular weight excluding hydrogens is 337 g/mol. The fourth-order valence-corrected chi connectivity index (χ4v) is 2.83. The predicted molar refractivity (Wildman–Crippen MR) is 86.5 cm³/mol. The SMILES string of the molecule is Cc1cc(CN(C)C(=O)[C@H]2CNCCO2)cc(C)c1OCC(F)(F)F. The highest BCUT2D eigenvalue weighted by Gasteiger charge is 2.29. The van der Waals surface area contributed by atoms with Crippen LogP contribution in [0.25, 0.3) is 0 Å². The third-order valence-corrected chi connectivity index (χ3v) is 3.90. The number of hydrogen-bond acceptors (Lipinski definition) is 4. The van der Waals surface area contributed by atoms with Crippen LogP contribution in [0.3, 0.4) is 0 Å². The van der Waals surface area contributed by atoms with Gasteiger partial charge in [0, 0.05) is 26.7 Å². The summed E-state index contributed by atoms with van der Waals surface area (Å²) in [5.74, 6) is 0.106.